The Hall–Kier alpha value is -2.82. The summed E-state index contributed by atoms with van der Waals surface area (Å²) in [6.07, 6.45) is 0. The van der Waals surface area contributed by atoms with Gasteiger partial charge in [-0.15, -0.1) is 0 Å². The normalized spacial score (nSPS) is 11.0. The zero-order chi connectivity index (χ0) is 15.1. The van der Waals surface area contributed by atoms with Crippen LogP contribution >= 0.6 is 0 Å². The van der Waals surface area contributed by atoms with Gasteiger partial charge in [0, 0.05) is 5.56 Å². The van der Waals surface area contributed by atoms with Gasteiger partial charge in [0.25, 0.3) is 0 Å². The maximum Gasteiger partial charge on any atom is 0.235 e. The molecule has 4 nitrogen and oxygen atoms in total. The van der Waals surface area contributed by atoms with Crippen molar-refractivity contribution in [3.8, 4) is 22.8 Å². The molecule has 0 bridgehead atoms. The van der Waals surface area contributed by atoms with Gasteiger partial charge in [-0.3, -0.25) is 4.79 Å². The van der Waals surface area contributed by atoms with Crippen LogP contribution in [0.15, 0.2) is 45.6 Å². The van der Waals surface area contributed by atoms with Gasteiger partial charge in [-0.2, -0.15) is 0 Å². The molecule has 5 heteroatoms. The van der Waals surface area contributed by atoms with Crippen LogP contribution in [0.3, 0.4) is 0 Å². The van der Waals surface area contributed by atoms with Crippen molar-refractivity contribution in [3.05, 3.63) is 58.0 Å². The summed E-state index contributed by atoms with van der Waals surface area (Å²) in [4.78, 5) is 12.2. The van der Waals surface area contributed by atoms with Crippen molar-refractivity contribution in [1.29, 1.82) is 0 Å². The van der Waals surface area contributed by atoms with Crippen molar-refractivity contribution in [3.63, 3.8) is 0 Å². The van der Waals surface area contributed by atoms with Crippen molar-refractivity contribution in [1.82, 2.24) is 0 Å². The van der Waals surface area contributed by atoms with Gasteiger partial charge >= 0.3 is 0 Å². The molecular weight excluding hydrogens is 275 g/mol. The van der Waals surface area contributed by atoms with Crippen molar-refractivity contribution in [2.45, 2.75) is 6.92 Å². The molecular formula is C16H11FO4. The Balaban J connectivity index is 2.33. The molecule has 1 heterocycles. The van der Waals surface area contributed by atoms with E-state index < -0.39 is 22.7 Å². The lowest BCUT2D eigenvalue weighted by molar-refractivity contribution is 0.431. The lowest BCUT2D eigenvalue weighted by Crippen LogP contribution is -2.03. The molecule has 2 aromatic carbocycles. The van der Waals surface area contributed by atoms with Crippen LogP contribution in [0.1, 0.15) is 5.56 Å². The van der Waals surface area contributed by atoms with Gasteiger partial charge in [-0.05, 0) is 37.3 Å². The van der Waals surface area contributed by atoms with E-state index in [1.807, 2.05) is 6.92 Å². The molecule has 0 radical (unpaired) electrons. The first kappa shape index (κ1) is 13.2. The Kier molecular flexibility index (Phi) is 2.90. The number of hydrogen-bond acceptors (Lipinski definition) is 4. The van der Waals surface area contributed by atoms with E-state index in [2.05, 4.69) is 0 Å². The first-order valence-corrected chi connectivity index (χ1v) is 6.22. The predicted molar refractivity (Wildman–Crippen MR) is 75.9 cm³/mol. The summed E-state index contributed by atoms with van der Waals surface area (Å²) in [5, 5.41) is 19.5. The molecule has 0 aliphatic carbocycles. The average molecular weight is 286 g/mol. The van der Waals surface area contributed by atoms with Gasteiger partial charge in [0.1, 0.15) is 5.58 Å². The fourth-order valence-corrected chi connectivity index (χ4v) is 2.14. The van der Waals surface area contributed by atoms with E-state index >= 15 is 0 Å². The van der Waals surface area contributed by atoms with Gasteiger partial charge in [0.15, 0.2) is 17.3 Å². The minimum atomic E-state index is -0.862. The largest absolute Gasteiger partial charge is 0.505 e. The van der Waals surface area contributed by atoms with Crippen molar-refractivity contribution in [2.75, 3.05) is 0 Å². The number of fused-ring (bicyclic) bond motifs is 1. The lowest BCUT2D eigenvalue weighted by atomic mass is 10.1. The summed E-state index contributed by atoms with van der Waals surface area (Å²) in [7, 11) is 0. The summed E-state index contributed by atoms with van der Waals surface area (Å²) < 4.78 is 18.9. The molecule has 0 aliphatic rings. The highest BCUT2D eigenvalue weighted by atomic mass is 19.1. The fraction of sp³-hybridized carbons (Fsp3) is 0.0625. The average Bonchev–Trinajstić information content (AvgIpc) is 2.46. The molecule has 0 fully saturated rings. The summed E-state index contributed by atoms with van der Waals surface area (Å²) in [5.41, 5.74) is 0.746. The number of rotatable bonds is 1. The second kappa shape index (κ2) is 4.63. The Bertz CT molecular complexity index is 912. The summed E-state index contributed by atoms with van der Waals surface area (Å²) in [5.74, 6) is -2.09. The first-order valence-electron chi connectivity index (χ1n) is 6.22. The van der Waals surface area contributed by atoms with Gasteiger partial charge < -0.3 is 14.6 Å². The van der Waals surface area contributed by atoms with E-state index in [0.29, 0.717) is 5.58 Å². The monoisotopic (exact) mass is 286 g/mol. The summed E-state index contributed by atoms with van der Waals surface area (Å²) >= 11 is 0. The maximum absolute atomic E-state index is 13.4. The third-order valence-corrected chi connectivity index (χ3v) is 3.23. The second-order valence-corrected chi connectivity index (χ2v) is 4.77. The van der Waals surface area contributed by atoms with Crippen LogP contribution in [-0.4, -0.2) is 10.2 Å². The van der Waals surface area contributed by atoms with E-state index in [1.54, 1.807) is 18.2 Å². The van der Waals surface area contributed by atoms with E-state index in [-0.39, 0.29) is 16.7 Å². The summed E-state index contributed by atoms with van der Waals surface area (Å²) in [6, 6.07) is 8.48. The standard InChI is InChI=1S/C16H11FO4/c1-8-2-5-13-10(6-8)14(19)15(20)16(21-13)9-3-4-12(18)11(17)7-9/h2-7,18,20H,1H3. The highest BCUT2D eigenvalue weighted by Crippen LogP contribution is 2.32. The van der Waals surface area contributed by atoms with E-state index in [9.17, 15) is 19.4 Å². The van der Waals surface area contributed by atoms with Gasteiger partial charge in [-0.1, -0.05) is 11.6 Å². The lowest BCUT2D eigenvalue weighted by Gasteiger charge is -2.07. The third-order valence-electron chi connectivity index (χ3n) is 3.23. The molecule has 3 aromatic rings. The van der Waals surface area contributed by atoms with Crippen LogP contribution in [0, 0.1) is 12.7 Å². The molecule has 21 heavy (non-hydrogen) atoms. The second-order valence-electron chi connectivity index (χ2n) is 4.77. The quantitative estimate of drug-likeness (QED) is 0.720. The van der Waals surface area contributed by atoms with Crippen LogP contribution < -0.4 is 5.43 Å². The maximum atomic E-state index is 13.4. The van der Waals surface area contributed by atoms with Crippen molar-refractivity contribution < 1.29 is 19.0 Å². The zero-order valence-electron chi connectivity index (χ0n) is 11.1. The number of hydrogen-bond donors (Lipinski definition) is 2. The van der Waals surface area contributed by atoms with Crippen LogP contribution in [0.25, 0.3) is 22.3 Å². The highest BCUT2D eigenvalue weighted by Gasteiger charge is 2.16. The van der Waals surface area contributed by atoms with Crippen LogP contribution in [-0.2, 0) is 0 Å². The molecule has 2 N–H and O–H groups in total. The number of aromatic hydroxyl groups is 2. The van der Waals surface area contributed by atoms with Crippen LogP contribution in [0.2, 0.25) is 0 Å². The minimum absolute atomic E-state index is 0.129. The van der Waals surface area contributed by atoms with E-state index in [0.717, 1.165) is 17.7 Å². The highest BCUT2D eigenvalue weighted by molar-refractivity contribution is 5.82. The number of phenolic OH excluding ortho intramolecular Hbond substituents is 1. The van der Waals surface area contributed by atoms with Gasteiger partial charge in [-0.25, -0.2) is 4.39 Å². The Labute approximate surface area is 118 Å². The fourth-order valence-electron chi connectivity index (χ4n) is 2.14. The molecule has 0 saturated heterocycles. The zero-order valence-corrected chi connectivity index (χ0v) is 11.1. The first-order chi connectivity index (χ1) is 9.97. The topological polar surface area (TPSA) is 70.7 Å². The number of benzene rings is 2. The molecule has 0 aliphatic heterocycles. The van der Waals surface area contributed by atoms with Crippen LogP contribution in [0.5, 0.6) is 11.5 Å². The smallest absolute Gasteiger partial charge is 0.235 e. The minimum Gasteiger partial charge on any atom is -0.505 e. The molecule has 0 amide bonds. The third kappa shape index (κ3) is 2.12. The Morgan fingerprint density at radius 1 is 1.10 bits per heavy atom. The van der Waals surface area contributed by atoms with Crippen molar-refractivity contribution >= 4 is 11.0 Å². The molecule has 0 saturated carbocycles. The molecule has 3 rings (SSSR count). The number of phenols is 1. The predicted octanol–water partition coefficient (Wildman–Crippen LogP) is 3.32. The number of halogens is 1. The molecule has 1 aromatic heterocycles. The SMILES string of the molecule is Cc1ccc2oc(-c3ccc(O)c(F)c3)c(O)c(=O)c2c1. The summed E-state index contributed by atoms with van der Waals surface area (Å²) in [6.45, 7) is 1.82. The van der Waals surface area contributed by atoms with Crippen LogP contribution in [0.4, 0.5) is 4.39 Å². The molecule has 106 valence electrons. The number of aryl methyl sites for hydroxylation is 1. The molecule has 0 atom stereocenters. The van der Waals surface area contributed by atoms with E-state index in [1.165, 1.54) is 6.07 Å². The van der Waals surface area contributed by atoms with Gasteiger partial charge in [0.05, 0.1) is 5.39 Å². The Morgan fingerprint density at radius 3 is 2.57 bits per heavy atom. The van der Waals surface area contributed by atoms with Crippen molar-refractivity contribution in [2.24, 2.45) is 0 Å². The van der Waals surface area contributed by atoms with E-state index in [4.69, 9.17) is 4.42 Å². The Morgan fingerprint density at radius 2 is 1.86 bits per heavy atom. The molecule has 0 spiro atoms. The van der Waals surface area contributed by atoms with Gasteiger partial charge in [0.2, 0.25) is 11.2 Å². The molecule has 0 unspecified atom stereocenters.